The van der Waals surface area contributed by atoms with Gasteiger partial charge in [0.05, 0.1) is 5.25 Å². The molecule has 1 aromatic carbocycles. The van der Waals surface area contributed by atoms with Crippen molar-refractivity contribution >= 4 is 17.7 Å². The number of aromatic nitrogens is 3. The Morgan fingerprint density at radius 2 is 2.00 bits per heavy atom. The first-order valence-electron chi connectivity index (χ1n) is 6.70. The summed E-state index contributed by atoms with van der Waals surface area (Å²) < 4.78 is 14.3. The minimum Gasteiger partial charge on any atom is -0.348 e. The highest BCUT2D eigenvalue weighted by Gasteiger charge is 2.20. The molecule has 0 saturated carbocycles. The van der Waals surface area contributed by atoms with Crippen LogP contribution >= 0.6 is 11.8 Å². The zero-order valence-electron chi connectivity index (χ0n) is 12.7. The van der Waals surface area contributed by atoms with Gasteiger partial charge in [0.1, 0.15) is 5.82 Å². The molecule has 0 saturated heterocycles. The van der Waals surface area contributed by atoms with Crippen LogP contribution in [0.3, 0.4) is 0 Å². The summed E-state index contributed by atoms with van der Waals surface area (Å²) in [6, 6.07) is 6.13. The molecular weight excluding hydrogens is 305 g/mol. The lowest BCUT2D eigenvalue weighted by Gasteiger charge is -2.15. The molecule has 1 atom stereocenters. The van der Waals surface area contributed by atoms with E-state index >= 15 is 0 Å². The third-order valence-electron chi connectivity index (χ3n) is 3.08. The van der Waals surface area contributed by atoms with Gasteiger partial charge in [0, 0.05) is 20.5 Å². The molecule has 6 nitrogen and oxygen atoms in total. The van der Waals surface area contributed by atoms with Crippen LogP contribution < -0.4 is 5.84 Å². The number of nitrogens with zero attached hydrogens (tertiary/aromatic N) is 4. The van der Waals surface area contributed by atoms with Crippen LogP contribution in [0.2, 0.25) is 0 Å². The summed E-state index contributed by atoms with van der Waals surface area (Å²) in [7, 11) is 3.40. The maximum absolute atomic E-state index is 12.9. The second kappa shape index (κ2) is 6.78. The molecule has 0 aliphatic carbocycles. The molecule has 0 spiro atoms. The highest BCUT2D eigenvalue weighted by atomic mass is 32.2. The summed E-state index contributed by atoms with van der Waals surface area (Å²) in [5, 5.41) is 8.22. The maximum Gasteiger partial charge on any atom is 0.235 e. The van der Waals surface area contributed by atoms with E-state index in [0.717, 1.165) is 5.56 Å². The van der Waals surface area contributed by atoms with E-state index < -0.39 is 0 Å². The molecule has 22 heavy (non-hydrogen) atoms. The van der Waals surface area contributed by atoms with Crippen LogP contribution in [0.25, 0.3) is 0 Å². The standard InChI is InChI=1S/C14H18FN5OS/c1-9(13(21)19(2)3)22-14-18-17-12(20(14)16)8-10-4-6-11(15)7-5-10/h4-7,9H,8,16H2,1-3H3/t9-/m1/s1. The fraction of sp³-hybridized carbons (Fsp3) is 0.357. The molecule has 2 rings (SSSR count). The molecule has 1 amide bonds. The van der Waals surface area contributed by atoms with Gasteiger partial charge in [0.2, 0.25) is 11.1 Å². The quantitative estimate of drug-likeness (QED) is 0.663. The van der Waals surface area contributed by atoms with Crippen molar-refractivity contribution in [1.82, 2.24) is 19.8 Å². The van der Waals surface area contributed by atoms with Crippen molar-refractivity contribution in [3.8, 4) is 0 Å². The van der Waals surface area contributed by atoms with Gasteiger partial charge in [0.25, 0.3) is 0 Å². The van der Waals surface area contributed by atoms with Crippen LogP contribution in [0.4, 0.5) is 4.39 Å². The van der Waals surface area contributed by atoms with E-state index in [4.69, 9.17) is 5.84 Å². The van der Waals surface area contributed by atoms with E-state index in [2.05, 4.69) is 10.2 Å². The van der Waals surface area contributed by atoms with Gasteiger partial charge < -0.3 is 10.7 Å². The monoisotopic (exact) mass is 323 g/mol. The largest absolute Gasteiger partial charge is 0.348 e. The Hall–Kier alpha value is -2.09. The van der Waals surface area contributed by atoms with Crippen LogP contribution in [0, 0.1) is 5.82 Å². The average molecular weight is 323 g/mol. The van der Waals surface area contributed by atoms with Crippen molar-refractivity contribution in [3.63, 3.8) is 0 Å². The fourth-order valence-corrected chi connectivity index (χ4v) is 2.80. The zero-order chi connectivity index (χ0) is 16.3. The highest BCUT2D eigenvalue weighted by molar-refractivity contribution is 8.00. The van der Waals surface area contributed by atoms with Crippen LogP contribution in [0.5, 0.6) is 0 Å². The molecule has 0 radical (unpaired) electrons. The number of amides is 1. The van der Waals surface area contributed by atoms with Crippen LogP contribution in [-0.2, 0) is 11.2 Å². The van der Waals surface area contributed by atoms with E-state index in [0.29, 0.717) is 17.4 Å². The number of rotatable bonds is 5. The van der Waals surface area contributed by atoms with Gasteiger partial charge in [-0.2, -0.15) is 0 Å². The Labute approximate surface area is 132 Å². The molecule has 8 heteroatoms. The summed E-state index contributed by atoms with van der Waals surface area (Å²) in [4.78, 5) is 13.4. The van der Waals surface area contributed by atoms with E-state index in [1.165, 1.54) is 33.5 Å². The normalized spacial score (nSPS) is 12.2. The number of halogens is 1. The van der Waals surface area contributed by atoms with Crippen molar-refractivity contribution in [2.75, 3.05) is 19.9 Å². The molecule has 2 N–H and O–H groups in total. The lowest BCUT2D eigenvalue weighted by molar-refractivity contribution is -0.127. The van der Waals surface area contributed by atoms with E-state index in [-0.39, 0.29) is 17.0 Å². The molecule has 0 unspecified atom stereocenters. The van der Waals surface area contributed by atoms with Gasteiger partial charge in [-0.15, -0.1) is 10.2 Å². The third kappa shape index (κ3) is 3.76. The molecular formula is C14H18FN5OS. The third-order valence-corrected chi connectivity index (χ3v) is 4.13. The molecule has 0 aliphatic heterocycles. The number of thioether (sulfide) groups is 1. The first kappa shape index (κ1) is 16.3. The summed E-state index contributed by atoms with van der Waals surface area (Å²) in [5.74, 6) is 6.22. The van der Waals surface area contributed by atoms with Crippen LogP contribution in [-0.4, -0.2) is 45.0 Å². The van der Waals surface area contributed by atoms with E-state index in [9.17, 15) is 9.18 Å². The Morgan fingerprint density at radius 3 is 2.59 bits per heavy atom. The number of carbonyl (C=O) groups excluding carboxylic acids is 1. The molecule has 118 valence electrons. The topological polar surface area (TPSA) is 77.0 Å². The number of benzene rings is 1. The minimum atomic E-state index is -0.305. The van der Waals surface area contributed by atoms with Gasteiger partial charge in [-0.1, -0.05) is 23.9 Å². The van der Waals surface area contributed by atoms with Crippen molar-refractivity contribution in [1.29, 1.82) is 0 Å². The number of hydrogen-bond acceptors (Lipinski definition) is 5. The number of nitrogen functional groups attached to an aromatic ring is 1. The molecule has 0 bridgehead atoms. The van der Waals surface area contributed by atoms with Gasteiger partial charge in [-0.05, 0) is 24.6 Å². The number of nitrogens with two attached hydrogens (primary N) is 1. The van der Waals surface area contributed by atoms with Gasteiger partial charge in [-0.3, -0.25) is 4.79 Å². The average Bonchev–Trinajstić information content (AvgIpc) is 2.81. The fourth-order valence-electron chi connectivity index (χ4n) is 1.87. The van der Waals surface area contributed by atoms with Crippen molar-refractivity contribution in [2.24, 2.45) is 0 Å². The predicted molar refractivity (Wildman–Crippen MR) is 83.4 cm³/mol. The van der Waals surface area contributed by atoms with Crippen molar-refractivity contribution < 1.29 is 9.18 Å². The summed E-state index contributed by atoms with van der Waals surface area (Å²) >= 11 is 1.25. The molecule has 1 heterocycles. The predicted octanol–water partition coefficient (Wildman–Crippen LogP) is 1.29. The SMILES string of the molecule is C[C@@H](Sc1nnc(Cc2ccc(F)cc2)n1N)C(=O)N(C)C. The molecule has 0 aliphatic rings. The zero-order valence-corrected chi connectivity index (χ0v) is 13.5. The van der Waals surface area contributed by atoms with Crippen molar-refractivity contribution in [3.05, 3.63) is 41.5 Å². The maximum atomic E-state index is 12.9. The van der Waals surface area contributed by atoms with Gasteiger partial charge in [-0.25, -0.2) is 9.07 Å². The van der Waals surface area contributed by atoms with E-state index in [1.54, 1.807) is 33.2 Å². The Kier molecular flexibility index (Phi) is 5.02. The second-order valence-electron chi connectivity index (χ2n) is 5.06. The minimum absolute atomic E-state index is 0.0203. The van der Waals surface area contributed by atoms with Gasteiger partial charge in [0.15, 0.2) is 5.82 Å². The van der Waals surface area contributed by atoms with Crippen molar-refractivity contribution in [2.45, 2.75) is 23.8 Å². The first-order valence-corrected chi connectivity index (χ1v) is 7.58. The Bertz CT molecular complexity index is 656. The molecule has 2 aromatic rings. The number of carbonyl (C=O) groups is 1. The lowest BCUT2D eigenvalue weighted by atomic mass is 10.1. The Morgan fingerprint density at radius 1 is 1.36 bits per heavy atom. The summed E-state index contributed by atoms with van der Waals surface area (Å²) in [6.07, 6.45) is 0.445. The summed E-state index contributed by atoms with van der Waals surface area (Å²) in [5.41, 5.74) is 0.884. The summed E-state index contributed by atoms with van der Waals surface area (Å²) in [6.45, 7) is 1.79. The Balaban J connectivity index is 2.09. The molecule has 1 aromatic heterocycles. The first-order chi connectivity index (χ1) is 10.4. The highest BCUT2D eigenvalue weighted by Crippen LogP contribution is 2.22. The number of hydrogen-bond donors (Lipinski definition) is 1. The lowest BCUT2D eigenvalue weighted by Crippen LogP contribution is -2.30. The second-order valence-corrected chi connectivity index (χ2v) is 6.37. The van der Waals surface area contributed by atoms with Crippen LogP contribution in [0.1, 0.15) is 18.3 Å². The van der Waals surface area contributed by atoms with Crippen LogP contribution in [0.15, 0.2) is 29.4 Å². The van der Waals surface area contributed by atoms with Gasteiger partial charge >= 0.3 is 0 Å². The van der Waals surface area contributed by atoms with E-state index in [1.807, 2.05) is 0 Å². The molecule has 0 fully saturated rings. The smallest absolute Gasteiger partial charge is 0.235 e.